The van der Waals surface area contributed by atoms with Crippen LogP contribution in [0.15, 0.2) is 48.1 Å². The van der Waals surface area contributed by atoms with Gasteiger partial charge in [0.15, 0.2) is 0 Å². The highest BCUT2D eigenvalue weighted by Gasteiger charge is 2.10. The third-order valence-electron chi connectivity index (χ3n) is 2.17. The van der Waals surface area contributed by atoms with Crippen LogP contribution in [0.2, 0.25) is 0 Å². The van der Waals surface area contributed by atoms with E-state index in [4.69, 9.17) is 9.47 Å². The quantitative estimate of drug-likeness (QED) is 0.410. The molecule has 1 aliphatic rings. The Bertz CT molecular complexity index is 427. The van der Waals surface area contributed by atoms with Crippen molar-refractivity contribution in [2.24, 2.45) is 0 Å². The van der Waals surface area contributed by atoms with Crippen LogP contribution in [-0.2, 0) is 19.1 Å². The van der Waals surface area contributed by atoms with Crippen molar-refractivity contribution in [3.63, 3.8) is 0 Å². The lowest BCUT2D eigenvalue weighted by Crippen LogP contribution is -2.07. The van der Waals surface area contributed by atoms with Crippen LogP contribution in [0.3, 0.4) is 0 Å². The van der Waals surface area contributed by atoms with Gasteiger partial charge in [-0.3, -0.25) is 0 Å². The number of carbonyl (C=O) groups is 2. The number of ether oxygens (including phenoxy) is 2. The van der Waals surface area contributed by atoms with Gasteiger partial charge in [0.2, 0.25) is 0 Å². The predicted octanol–water partition coefficient (Wildman–Crippen LogP) is 2.09. The number of carbonyl (C=O) groups excluding carboxylic acids is 2. The van der Waals surface area contributed by atoms with Crippen molar-refractivity contribution >= 4 is 11.9 Å². The number of esters is 2. The van der Waals surface area contributed by atoms with Crippen LogP contribution < -0.4 is 0 Å². The Hall–Kier alpha value is -2.10. The van der Waals surface area contributed by atoms with Gasteiger partial charge >= 0.3 is 11.9 Å². The highest BCUT2D eigenvalue weighted by molar-refractivity contribution is 5.90. The summed E-state index contributed by atoms with van der Waals surface area (Å²) in [5.74, 6) is -0.748. The molecule has 0 N–H and O–H groups in total. The molecule has 0 aromatic rings. The first-order valence-corrected chi connectivity index (χ1v) is 5.61. The molecular weight excluding hydrogens is 232 g/mol. The molecule has 0 amide bonds. The van der Waals surface area contributed by atoms with Crippen molar-refractivity contribution in [1.82, 2.24) is 0 Å². The average Bonchev–Trinajstić information content (AvgIpc) is 2.86. The molecule has 0 radical (unpaired) electrons. The minimum atomic E-state index is -0.432. The van der Waals surface area contributed by atoms with E-state index in [9.17, 15) is 9.59 Å². The molecule has 0 saturated carbocycles. The van der Waals surface area contributed by atoms with Crippen LogP contribution in [0.25, 0.3) is 0 Å². The molecule has 0 aliphatic heterocycles. The SMILES string of the molecule is C=C(C)C(=O)OC/C=C\COC(=O)C1=CC=CC1. The molecule has 4 heteroatoms. The highest BCUT2D eigenvalue weighted by Crippen LogP contribution is 2.11. The third kappa shape index (κ3) is 4.82. The molecule has 0 fully saturated rings. The van der Waals surface area contributed by atoms with Crippen molar-refractivity contribution in [2.45, 2.75) is 13.3 Å². The lowest BCUT2D eigenvalue weighted by atomic mass is 10.2. The molecular formula is C14H16O4. The van der Waals surface area contributed by atoms with Crippen molar-refractivity contribution < 1.29 is 19.1 Å². The zero-order chi connectivity index (χ0) is 13.4. The van der Waals surface area contributed by atoms with E-state index >= 15 is 0 Å². The smallest absolute Gasteiger partial charge is 0.334 e. The van der Waals surface area contributed by atoms with Crippen LogP contribution in [0.4, 0.5) is 0 Å². The predicted molar refractivity (Wildman–Crippen MR) is 67.7 cm³/mol. The van der Waals surface area contributed by atoms with E-state index < -0.39 is 5.97 Å². The summed E-state index contributed by atoms with van der Waals surface area (Å²) in [6.45, 7) is 5.35. The summed E-state index contributed by atoms with van der Waals surface area (Å²) in [7, 11) is 0. The number of hydrogen-bond acceptors (Lipinski definition) is 4. The largest absolute Gasteiger partial charge is 0.458 e. The van der Waals surface area contributed by atoms with Gasteiger partial charge in [-0.1, -0.05) is 24.8 Å². The minimum Gasteiger partial charge on any atom is -0.458 e. The van der Waals surface area contributed by atoms with Crippen LogP contribution >= 0.6 is 0 Å². The Labute approximate surface area is 106 Å². The van der Waals surface area contributed by atoms with Crippen molar-refractivity contribution in [3.05, 3.63) is 48.1 Å². The van der Waals surface area contributed by atoms with Crippen molar-refractivity contribution in [1.29, 1.82) is 0 Å². The molecule has 0 saturated heterocycles. The average molecular weight is 248 g/mol. The zero-order valence-corrected chi connectivity index (χ0v) is 10.3. The first-order chi connectivity index (χ1) is 8.61. The van der Waals surface area contributed by atoms with E-state index in [1.54, 1.807) is 25.2 Å². The van der Waals surface area contributed by atoms with Gasteiger partial charge in [-0.25, -0.2) is 9.59 Å². The standard InChI is InChI=1S/C14H16O4/c1-11(2)13(15)17-9-5-6-10-18-14(16)12-7-3-4-8-12/h3-7H,1,8-10H2,2H3/b6-5-. The second kappa shape index (κ2) is 7.27. The summed E-state index contributed by atoms with van der Waals surface area (Å²) in [4.78, 5) is 22.4. The van der Waals surface area contributed by atoms with Crippen molar-refractivity contribution in [2.75, 3.05) is 13.2 Å². The normalized spacial score (nSPS) is 13.5. The van der Waals surface area contributed by atoms with Gasteiger partial charge in [0.25, 0.3) is 0 Å². The Kier molecular flexibility index (Phi) is 5.64. The summed E-state index contributed by atoms with van der Waals surface area (Å²) >= 11 is 0. The lowest BCUT2D eigenvalue weighted by Gasteiger charge is -2.02. The Morgan fingerprint density at radius 3 is 2.56 bits per heavy atom. The molecule has 1 rings (SSSR count). The van der Waals surface area contributed by atoms with E-state index in [2.05, 4.69) is 6.58 Å². The number of allylic oxidation sites excluding steroid dienone is 3. The zero-order valence-electron chi connectivity index (χ0n) is 10.3. The maximum absolute atomic E-state index is 11.4. The van der Waals surface area contributed by atoms with Gasteiger partial charge in [-0.15, -0.1) is 0 Å². The fourth-order valence-corrected chi connectivity index (χ4v) is 1.20. The summed E-state index contributed by atoms with van der Waals surface area (Å²) in [6.07, 6.45) is 9.33. The van der Waals surface area contributed by atoms with E-state index in [-0.39, 0.29) is 19.2 Å². The highest BCUT2D eigenvalue weighted by atomic mass is 16.5. The van der Waals surface area contributed by atoms with Gasteiger partial charge in [0, 0.05) is 11.1 Å². The van der Waals surface area contributed by atoms with Gasteiger partial charge in [0.05, 0.1) is 0 Å². The molecule has 0 atom stereocenters. The van der Waals surface area contributed by atoms with Gasteiger partial charge in [-0.2, -0.15) is 0 Å². The maximum Gasteiger partial charge on any atom is 0.334 e. The van der Waals surface area contributed by atoms with Gasteiger partial charge in [-0.05, 0) is 25.5 Å². The van der Waals surface area contributed by atoms with Crippen LogP contribution in [0, 0.1) is 0 Å². The molecule has 4 nitrogen and oxygen atoms in total. The van der Waals surface area contributed by atoms with Gasteiger partial charge in [0.1, 0.15) is 13.2 Å². The molecule has 0 unspecified atom stereocenters. The first-order valence-electron chi connectivity index (χ1n) is 5.61. The number of rotatable bonds is 6. The fourth-order valence-electron chi connectivity index (χ4n) is 1.20. The van der Waals surface area contributed by atoms with Crippen LogP contribution in [0.1, 0.15) is 13.3 Å². The van der Waals surface area contributed by atoms with Gasteiger partial charge < -0.3 is 9.47 Å². The molecule has 0 spiro atoms. The molecule has 0 aromatic heterocycles. The lowest BCUT2D eigenvalue weighted by molar-refractivity contribution is -0.139. The fraction of sp³-hybridized carbons (Fsp3) is 0.286. The molecule has 1 aliphatic carbocycles. The molecule has 0 heterocycles. The van der Waals surface area contributed by atoms with Crippen LogP contribution in [0.5, 0.6) is 0 Å². The molecule has 18 heavy (non-hydrogen) atoms. The van der Waals surface area contributed by atoms with E-state index in [1.165, 1.54) is 0 Å². The molecule has 0 aromatic carbocycles. The molecule has 96 valence electrons. The summed E-state index contributed by atoms with van der Waals surface area (Å²) < 4.78 is 9.81. The summed E-state index contributed by atoms with van der Waals surface area (Å²) in [6, 6.07) is 0. The topological polar surface area (TPSA) is 52.6 Å². The number of hydrogen-bond donors (Lipinski definition) is 0. The summed E-state index contributed by atoms with van der Waals surface area (Å²) in [5.41, 5.74) is 1.01. The van der Waals surface area contributed by atoms with E-state index in [0.29, 0.717) is 17.6 Å². The first kappa shape index (κ1) is 14.0. The minimum absolute atomic E-state index is 0.146. The van der Waals surface area contributed by atoms with E-state index in [0.717, 1.165) is 0 Å². The summed E-state index contributed by atoms with van der Waals surface area (Å²) in [5, 5.41) is 0. The van der Waals surface area contributed by atoms with Crippen LogP contribution in [-0.4, -0.2) is 25.2 Å². The Morgan fingerprint density at radius 1 is 1.33 bits per heavy atom. The van der Waals surface area contributed by atoms with E-state index in [1.807, 2.05) is 12.2 Å². The Balaban J connectivity index is 2.12. The Morgan fingerprint density at radius 2 is 2.00 bits per heavy atom. The molecule has 0 bridgehead atoms. The van der Waals surface area contributed by atoms with Crippen molar-refractivity contribution in [3.8, 4) is 0 Å². The second-order valence-electron chi connectivity index (χ2n) is 3.77. The monoisotopic (exact) mass is 248 g/mol. The third-order valence-corrected chi connectivity index (χ3v) is 2.17. The maximum atomic E-state index is 11.4. The second-order valence-corrected chi connectivity index (χ2v) is 3.77.